The number of phenols is 1. The van der Waals surface area contributed by atoms with Crippen molar-refractivity contribution in [2.75, 3.05) is 135 Å². The molecule has 3 aromatic heterocycles. The van der Waals surface area contributed by atoms with E-state index in [0.29, 0.717) is 146 Å². The predicted octanol–water partition coefficient (Wildman–Crippen LogP) is 9.86. The Morgan fingerprint density at radius 2 is 1.40 bits per heavy atom. The molecule has 24 heteroatoms. The van der Waals surface area contributed by atoms with E-state index in [-0.39, 0.29) is 40.1 Å². The van der Waals surface area contributed by atoms with E-state index in [1.165, 1.54) is 10.9 Å². The van der Waals surface area contributed by atoms with Crippen molar-refractivity contribution in [3.05, 3.63) is 116 Å². The number of amides is 2. The normalized spacial score (nSPS) is 14.4. The topological polar surface area (TPSA) is 210 Å². The molecule has 0 spiro atoms. The number of aliphatic imine (C=N–C) groups is 1. The minimum atomic E-state index is -0.647. The molecule has 7 aromatic rings. The molecule has 2 N–H and O–H groups in total. The van der Waals surface area contributed by atoms with E-state index in [1.54, 1.807) is 33.3 Å². The molecule has 1 fully saturated rings. The first-order valence-electron chi connectivity index (χ1n) is 28.4. The number of hydrogen-bond donors (Lipinski definition) is 2. The number of fused-ring (bicyclic) bond motifs is 5. The van der Waals surface area contributed by atoms with E-state index in [4.69, 9.17) is 71.3 Å². The predicted molar refractivity (Wildman–Crippen MR) is 328 cm³/mol. The lowest BCUT2D eigenvalue weighted by Gasteiger charge is -2.36. The summed E-state index contributed by atoms with van der Waals surface area (Å²) in [6.45, 7) is 18.3. The molecular formula is C61H73Cl2FN10O10S. The molecule has 0 saturated carbocycles. The van der Waals surface area contributed by atoms with Gasteiger partial charge in [0, 0.05) is 78.3 Å². The van der Waals surface area contributed by atoms with Crippen LogP contribution in [0.3, 0.4) is 0 Å². The number of carbonyl (C=O) groups is 2. The molecular weight excluding hydrogens is 1150 g/mol. The second-order valence-corrected chi connectivity index (χ2v) is 23.6. The first-order chi connectivity index (χ1) is 40.9. The summed E-state index contributed by atoms with van der Waals surface area (Å²) in [5, 5.41) is 26.1. The van der Waals surface area contributed by atoms with E-state index in [9.17, 15) is 14.7 Å². The van der Waals surface area contributed by atoms with E-state index in [0.717, 1.165) is 44.0 Å². The zero-order chi connectivity index (χ0) is 60.2. The van der Waals surface area contributed by atoms with Crippen molar-refractivity contribution in [3.63, 3.8) is 0 Å². The zero-order valence-corrected chi connectivity index (χ0v) is 51.4. The smallest absolute Gasteiger partial charge is 0.410 e. The molecule has 0 radical (unpaired) electrons. The van der Waals surface area contributed by atoms with Crippen LogP contribution in [-0.2, 0) is 38.0 Å². The van der Waals surface area contributed by atoms with E-state index >= 15 is 4.39 Å². The van der Waals surface area contributed by atoms with Gasteiger partial charge in [0.2, 0.25) is 11.9 Å². The first kappa shape index (κ1) is 62.9. The van der Waals surface area contributed by atoms with Crippen LogP contribution in [0.4, 0.5) is 21.0 Å². The number of likely N-dealkylation sites (N-methyl/N-ethyl adjacent to an activating group) is 1. The van der Waals surface area contributed by atoms with Crippen LogP contribution in [0.2, 0.25) is 10.0 Å². The molecule has 1 unspecified atom stereocenters. The molecule has 2 aliphatic heterocycles. The number of aromatic hydroxyl groups is 1. The summed E-state index contributed by atoms with van der Waals surface area (Å²) < 4.78 is 59.0. The molecule has 2 aliphatic rings. The number of benzene rings is 4. The van der Waals surface area contributed by atoms with Crippen molar-refractivity contribution in [1.29, 1.82) is 0 Å². The Hall–Kier alpha value is -6.60. The van der Waals surface area contributed by atoms with Gasteiger partial charge >= 0.3 is 6.09 Å². The Kier molecular flexibility index (Phi) is 21.6. The minimum Gasteiger partial charge on any atom is -0.508 e. The Morgan fingerprint density at radius 3 is 2.05 bits per heavy atom. The first-order valence-corrected chi connectivity index (χ1v) is 30.0. The average Bonchev–Trinajstić information content (AvgIpc) is 2.94. The highest BCUT2D eigenvalue weighted by atomic mass is 35.5. The highest BCUT2D eigenvalue weighted by Gasteiger charge is 2.33. The van der Waals surface area contributed by atoms with Gasteiger partial charge in [-0.05, 0) is 93.8 Å². The van der Waals surface area contributed by atoms with Gasteiger partial charge in [-0.1, -0.05) is 59.6 Å². The maximum atomic E-state index is 17.1. The van der Waals surface area contributed by atoms with Gasteiger partial charge in [0.15, 0.2) is 11.6 Å². The van der Waals surface area contributed by atoms with Crippen LogP contribution < -0.4 is 15.1 Å². The van der Waals surface area contributed by atoms with Crippen molar-refractivity contribution in [2.45, 2.75) is 59.6 Å². The number of halogens is 3. The van der Waals surface area contributed by atoms with E-state index in [2.05, 4.69) is 29.4 Å². The SMILES string of the molecule is Cc1sc2c(c1C)C(c1ccc(Cl)cc1)=NC(CC(=O)NCCOCCOCCOCCOCCOCCOCCN(C)c1nc(N3CCN(C(=O)OC(C)(C)C)CC3)c3cc(Cl)c(-c4cc(O)cc5ccccc45)c(F)c3n1)c1nnc(C)n1-2. The second kappa shape index (κ2) is 29.2. The van der Waals surface area contributed by atoms with Crippen molar-refractivity contribution in [2.24, 2.45) is 4.99 Å². The lowest BCUT2D eigenvalue weighted by molar-refractivity contribution is -0.121. The van der Waals surface area contributed by atoms with Gasteiger partial charge in [0.1, 0.15) is 39.6 Å². The van der Waals surface area contributed by atoms with Crippen LogP contribution in [0.25, 0.3) is 37.8 Å². The molecule has 0 bridgehead atoms. The Balaban J connectivity index is 0.640. The molecule has 20 nitrogen and oxygen atoms in total. The van der Waals surface area contributed by atoms with E-state index in [1.807, 2.05) is 92.7 Å². The summed E-state index contributed by atoms with van der Waals surface area (Å²) in [6, 6.07) is 19.2. The number of phenolic OH excluding ortho intramolecular Hbond substituents is 1. The number of nitrogens with one attached hydrogen (secondary N) is 1. The summed E-state index contributed by atoms with van der Waals surface area (Å²) in [6.07, 6.45) is -0.308. The molecule has 454 valence electrons. The number of aryl methyl sites for hydroxylation is 2. The molecule has 85 heavy (non-hydrogen) atoms. The number of hydrogen-bond acceptors (Lipinski definition) is 18. The fraction of sp³-hybridized carbons (Fsp3) is 0.459. The number of piperazine rings is 1. The molecule has 1 atom stereocenters. The van der Waals surface area contributed by atoms with Crippen molar-refractivity contribution in [1.82, 2.24) is 34.9 Å². The van der Waals surface area contributed by atoms with Gasteiger partial charge in [-0.3, -0.25) is 14.4 Å². The molecule has 2 amide bonds. The summed E-state index contributed by atoms with van der Waals surface area (Å²) >= 11 is 14.9. The molecule has 9 rings (SSSR count). The summed E-state index contributed by atoms with van der Waals surface area (Å²) in [4.78, 5) is 47.7. The number of rotatable bonds is 27. The minimum absolute atomic E-state index is 0.0236. The van der Waals surface area contributed by atoms with Crippen LogP contribution >= 0.6 is 34.5 Å². The summed E-state index contributed by atoms with van der Waals surface area (Å²) in [7, 11) is 1.81. The largest absolute Gasteiger partial charge is 0.508 e. The van der Waals surface area contributed by atoms with Gasteiger partial charge in [0.05, 0.1) is 96.4 Å². The number of nitrogens with zero attached hydrogens (tertiary/aromatic N) is 9. The quantitative estimate of drug-likeness (QED) is 0.0459. The van der Waals surface area contributed by atoms with Gasteiger partial charge in [-0.15, -0.1) is 21.5 Å². The Bertz CT molecular complexity index is 3480. The highest BCUT2D eigenvalue weighted by molar-refractivity contribution is 7.15. The molecule has 5 heterocycles. The van der Waals surface area contributed by atoms with Crippen LogP contribution in [0.15, 0.2) is 71.7 Å². The van der Waals surface area contributed by atoms with E-state index < -0.39 is 23.6 Å². The number of carbonyl (C=O) groups excluding carboxylic acids is 2. The molecule has 0 aliphatic carbocycles. The van der Waals surface area contributed by atoms with Crippen molar-refractivity contribution >= 4 is 85.7 Å². The number of anilines is 2. The maximum Gasteiger partial charge on any atom is 0.410 e. The fourth-order valence-corrected chi connectivity index (χ4v) is 11.5. The second-order valence-electron chi connectivity index (χ2n) is 21.5. The number of thiophene rings is 1. The van der Waals surface area contributed by atoms with Crippen LogP contribution in [-0.4, -0.2) is 184 Å². The third kappa shape index (κ3) is 15.9. The fourth-order valence-electron chi connectivity index (χ4n) is 9.90. The number of aromatic nitrogens is 5. The summed E-state index contributed by atoms with van der Waals surface area (Å²) in [5.74, 6) is 1.26. The van der Waals surface area contributed by atoms with Crippen LogP contribution in [0, 0.1) is 26.6 Å². The third-order valence-electron chi connectivity index (χ3n) is 14.3. The highest BCUT2D eigenvalue weighted by Crippen LogP contribution is 2.43. The molecule has 1 saturated heterocycles. The monoisotopic (exact) mass is 1230 g/mol. The zero-order valence-electron chi connectivity index (χ0n) is 49.1. The lowest BCUT2D eigenvalue weighted by atomic mass is 9.96. The van der Waals surface area contributed by atoms with Gasteiger partial charge < -0.3 is 58.3 Å². The maximum absolute atomic E-state index is 17.1. The Labute approximate surface area is 508 Å². The van der Waals surface area contributed by atoms with Crippen LogP contribution in [0.1, 0.15) is 66.5 Å². The van der Waals surface area contributed by atoms with Crippen molar-refractivity contribution < 1.29 is 52.2 Å². The standard InChI is InChI=1S/C61H73Cl2FN10O10S/c1-38-39(2)85-58-51(38)54(41-12-14-43(62)15-13-41)66-49(57-70-69-40(3)74(57)58)37-50(76)65-16-22-78-24-26-80-28-30-82-32-33-83-31-29-81-27-25-79-23-21-71(7)59-67-55-47(56(68-59)72-17-19-73(20-18-72)60(77)84-61(4,5)6)36-48(63)52(53(55)64)46-35-44(75)34-42-10-8-9-11-45(42)46/h8-15,34-36,49,75H,16-33,37H2,1-7H3,(H,65,76). The molecule has 4 aromatic carbocycles. The van der Waals surface area contributed by atoms with Gasteiger partial charge in [-0.25, -0.2) is 14.2 Å². The average molecular weight is 1230 g/mol. The summed E-state index contributed by atoms with van der Waals surface area (Å²) in [5.41, 5.74) is 3.82. The Morgan fingerprint density at radius 1 is 0.776 bits per heavy atom. The van der Waals surface area contributed by atoms with Gasteiger partial charge in [0.25, 0.3) is 0 Å². The number of ether oxygens (including phenoxy) is 7. The van der Waals surface area contributed by atoms with Gasteiger partial charge in [-0.2, -0.15) is 4.98 Å². The van der Waals surface area contributed by atoms with Crippen LogP contribution in [0.5, 0.6) is 5.75 Å². The third-order valence-corrected chi connectivity index (χ3v) is 16.0. The van der Waals surface area contributed by atoms with Crippen molar-refractivity contribution in [3.8, 4) is 21.9 Å². The lowest BCUT2D eigenvalue weighted by Crippen LogP contribution is -2.50.